The number of carbonyl (C=O) groups excluding carboxylic acids is 1. The maximum absolute atomic E-state index is 13.7. The summed E-state index contributed by atoms with van der Waals surface area (Å²) in [5, 5.41) is 11.4. The van der Waals surface area contributed by atoms with Crippen LogP contribution in [0.5, 0.6) is 5.75 Å². The highest BCUT2D eigenvalue weighted by Crippen LogP contribution is 2.21. The highest BCUT2D eigenvalue weighted by atomic mass is 19.2. The number of carboxylic acid groups (broad SMARTS) is 1. The van der Waals surface area contributed by atoms with Crippen LogP contribution in [0.15, 0.2) is 42.5 Å². The fourth-order valence-electron chi connectivity index (χ4n) is 2.18. The van der Waals surface area contributed by atoms with Gasteiger partial charge in [0.2, 0.25) is 0 Å². The van der Waals surface area contributed by atoms with Gasteiger partial charge in [0.1, 0.15) is 5.75 Å². The SMILES string of the molecule is COc1ccc(C(CC(=O)O)NC(=O)c2cccc(F)c2F)cc1. The van der Waals surface area contributed by atoms with E-state index in [0.29, 0.717) is 11.3 Å². The highest BCUT2D eigenvalue weighted by molar-refractivity contribution is 5.95. The van der Waals surface area contributed by atoms with Gasteiger partial charge in [-0.3, -0.25) is 9.59 Å². The number of hydrogen-bond acceptors (Lipinski definition) is 3. The van der Waals surface area contributed by atoms with Crippen LogP contribution in [0.1, 0.15) is 28.4 Å². The summed E-state index contributed by atoms with van der Waals surface area (Å²) in [6, 6.07) is 8.72. The van der Waals surface area contributed by atoms with Crippen LogP contribution in [0.4, 0.5) is 8.78 Å². The van der Waals surface area contributed by atoms with E-state index in [1.54, 1.807) is 24.3 Å². The van der Waals surface area contributed by atoms with E-state index in [1.807, 2.05) is 0 Å². The lowest BCUT2D eigenvalue weighted by Gasteiger charge is -2.18. The largest absolute Gasteiger partial charge is 0.497 e. The minimum Gasteiger partial charge on any atom is -0.497 e. The van der Waals surface area contributed by atoms with Crippen molar-refractivity contribution in [1.29, 1.82) is 0 Å². The lowest BCUT2D eigenvalue weighted by Crippen LogP contribution is -2.31. The number of carboxylic acids is 1. The molecule has 0 aliphatic carbocycles. The predicted octanol–water partition coefficient (Wildman–Crippen LogP) is 2.92. The number of carbonyl (C=O) groups is 2. The van der Waals surface area contributed by atoms with Gasteiger partial charge in [0.05, 0.1) is 25.1 Å². The summed E-state index contributed by atoms with van der Waals surface area (Å²) in [5.74, 6) is -3.90. The average Bonchev–Trinajstić information content (AvgIpc) is 2.56. The Kier molecular flexibility index (Phi) is 5.47. The van der Waals surface area contributed by atoms with E-state index in [1.165, 1.54) is 13.2 Å². The Morgan fingerprint density at radius 2 is 1.83 bits per heavy atom. The number of halogens is 2. The van der Waals surface area contributed by atoms with E-state index in [-0.39, 0.29) is 0 Å². The molecule has 2 N–H and O–H groups in total. The summed E-state index contributed by atoms with van der Waals surface area (Å²) < 4.78 is 31.9. The number of amides is 1. The van der Waals surface area contributed by atoms with Crippen molar-refractivity contribution < 1.29 is 28.2 Å². The smallest absolute Gasteiger partial charge is 0.305 e. The molecule has 5 nitrogen and oxygen atoms in total. The molecule has 0 spiro atoms. The van der Waals surface area contributed by atoms with Crippen molar-refractivity contribution in [2.24, 2.45) is 0 Å². The zero-order chi connectivity index (χ0) is 17.7. The van der Waals surface area contributed by atoms with Crippen molar-refractivity contribution in [2.45, 2.75) is 12.5 Å². The molecular formula is C17H15F2NO4. The van der Waals surface area contributed by atoms with E-state index < -0.39 is 41.5 Å². The molecule has 2 aromatic carbocycles. The third-order valence-electron chi connectivity index (χ3n) is 3.40. The molecule has 0 bridgehead atoms. The lowest BCUT2D eigenvalue weighted by atomic mass is 10.0. The molecule has 24 heavy (non-hydrogen) atoms. The van der Waals surface area contributed by atoms with Crippen LogP contribution in [0.25, 0.3) is 0 Å². The van der Waals surface area contributed by atoms with E-state index in [2.05, 4.69) is 5.32 Å². The molecule has 0 aliphatic rings. The van der Waals surface area contributed by atoms with Crippen molar-refractivity contribution in [3.8, 4) is 5.75 Å². The van der Waals surface area contributed by atoms with Crippen molar-refractivity contribution >= 4 is 11.9 Å². The fourth-order valence-corrected chi connectivity index (χ4v) is 2.18. The number of aliphatic carboxylic acids is 1. The maximum atomic E-state index is 13.7. The molecule has 0 aliphatic heterocycles. The summed E-state index contributed by atoms with van der Waals surface area (Å²) in [7, 11) is 1.48. The van der Waals surface area contributed by atoms with Crippen LogP contribution in [0.2, 0.25) is 0 Å². The van der Waals surface area contributed by atoms with Crippen molar-refractivity contribution in [1.82, 2.24) is 5.32 Å². The molecule has 7 heteroatoms. The van der Waals surface area contributed by atoms with Crippen LogP contribution in [-0.2, 0) is 4.79 Å². The van der Waals surface area contributed by atoms with Gasteiger partial charge in [0.25, 0.3) is 5.91 Å². The van der Waals surface area contributed by atoms with E-state index in [0.717, 1.165) is 12.1 Å². The van der Waals surface area contributed by atoms with Gasteiger partial charge in [-0.1, -0.05) is 18.2 Å². The molecule has 0 radical (unpaired) electrons. The Labute approximate surface area is 136 Å². The van der Waals surface area contributed by atoms with Crippen LogP contribution in [0, 0.1) is 11.6 Å². The number of hydrogen-bond donors (Lipinski definition) is 2. The standard InChI is InChI=1S/C17H15F2NO4/c1-24-11-7-5-10(6-8-11)14(9-15(21)22)20-17(23)12-3-2-4-13(18)16(12)19/h2-8,14H,9H2,1H3,(H,20,23)(H,21,22). The first-order valence-corrected chi connectivity index (χ1v) is 7.03. The number of ether oxygens (including phenoxy) is 1. The molecule has 1 atom stereocenters. The third kappa shape index (κ3) is 4.07. The number of methoxy groups -OCH3 is 1. The van der Waals surface area contributed by atoms with Gasteiger partial charge in [-0.2, -0.15) is 0 Å². The Balaban J connectivity index is 2.26. The minimum absolute atomic E-state index is 0.408. The lowest BCUT2D eigenvalue weighted by molar-refractivity contribution is -0.137. The Bertz CT molecular complexity index is 747. The second-order valence-electron chi connectivity index (χ2n) is 5.00. The summed E-state index contributed by atoms with van der Waals surface area (Å²) in [5.41, 5.74) is 0.0160. The molecule has 0 saturated heterocycles. The molecule has 2 aromatic rings. The van der Waals surface area contributed by atoms with Crippen molar-refractivity contribution in [2.75, 3.05) is 7.11 Å². The molecule has 0 aromatic heterocycles. The zero-order valence-electron chi connectivity index (χ0n) is 12.8. The molecule has 1 amide bonds. The van der Waals surface area contributed by atoms with Crippen molar-refractivity contribution in [3.63, 3.8) is 0 Å². The Morgan fingerprint density at radius 3 is 2.42 bits per heavy atom. The highest BCUT2D eigenvalue weighted by Gasteiger charge is 2.22. The average molecular weight is 335 g/mol. The number of nitrogens with one attached hydrogen (secondary N) is 1. The molecule has 1 unspecified atom stereocenters. The second kappa shape index (κ2) is 7.54. The molecule has 0 saturated carbocycles. The Morgan fingerprint density at radius 1 is 1.17 bits per heavy atom. The quantitative estimate of drug-likeness (QED) is 0.851. The topological polar surface area (TPSA) is 75.6 Å². The predicted molar refractivity (Wildman–Crippen MR) is 81.8 cm³/mol. The minimum atomic E-state index is -1.28. The van der Waals surface area contributed by atoms with Gasteiger partial charge in [-0.15, -0.1) is 0 Å². The fraction of sp³-hybridized carbons (Fsp3) is 0.176. The molecule has 2 rings (SSSR count). The molecular weight excluding hydrogens is 320 g/mol. The monoisotopic (exact) mass is 335 g/mol. The van der Waals surface area contributed by atoms with E-state index in [4.69, 9.17) is 9.84 Å². The van der Waals surface area contributed by atoms with Gasteiger partial charge < -0.3 is 15.2 Å². The van der Waals surface area contributed by atoms with Gasteiger partial charge in [-0.25, -0.2) is 8.78 Å². The first-order valence-electron chi connectivity index (χ1n) is 7.03. The van der Waals surface area contributed by atoms with Gasteiger partial charge in [0.15, 0.2) is 11.6 Å². The maximum Gasteiger partial charge on any atom is 0.305 e. The number of benzene rings is 2. The summed E-state index contributed by atoms with van der Waals surface area (Å²) in [6.45, 7) is 0. The van der Waals surface area contributed by atoms with Crippen LogP contribution in [0.3, 0.4) is 0 Å². The van der Waals surface area contributed by atoms with E-state index in [9.17, 15) is 18.4 Å². The number of rotatable bonds is 6. The third-order valence-corrected chi connectivity index (χ3v) is 3.40. The summed E-state index contributed by atoms with van der Waals surface area (Å²) in [4.78, 5) is 23.2. The van der Waals surface area contributed by atoms with Crippen LogP contribution < -0.4 is 10.1 Å². The first kappa shape index (κ1) is 17.4. The normalized spacial score (nSPS) is 11.6. The molecule has 0 heterocycles. The van der Waals surface area contributed by atoms with E-state index >= 15 is 0 Å². The summed E-state index contributed by atoms with van der Waals surface area (Å²) in [6.07, 6.45) is -0.408. The molecule has 0 fully saturated rings. The van der Waals surface area contributed by atoms with Gasteiger partial charge in [-0.05, 0) is 29.8 Å². The van der Waals surface area contributed by atoms with Crippen LogP contribution >= 0.6 is 0 Å². The molecule has 126 valence electrons. The zero-order valence-corrected chi connectivity index (χ0v) is 12.8. The van der Waals surface area contributed by atoms with Crippen LogP contribution in [-0.4, -0.2) is 24.1 Å². The Hall–Kier alpha value is -2.96. The van der Waals surface area contributed by atoms with Gasteiger partial charge in [0, 0.05) is 0 Å². The van der Waals surface area contributed by atoms with Crippen molar-refractivity contribution in [3.05, 3.63) is 65.2 Å². The first-order chi connectivity index (χ1) is 11.4. The van der Waals surface area contributed by atoms with Gasteiger partial charge >= 0.3 is 5.97 Å². The summed E-state index contributed by atoms with van der Waals surface area (Å²) >= 11 is 0. The second-order valence-corrected chi connectivity index (χ2v) is 5.00.